The molecule has 1 N–H and O–H groups in total. The summed E-state index contributed by atoms with van der Waals surface area (Å²) < 4.78 is 5.05. The summed E-state index contributed by atoms with van der Waals surface area (Å²) in [5.41, 5.74) is 1.10. The topological polar surface area (TPSA) is 55.0 Å². The predicted octanol–water partition coefficient (Wildman–Crippen LogP) is 2.10. The Labute approximate surface area is 96.9 Å². The highest BCUT2D eigenvalue weighted by atomic mass is 35.5. The Balaban J connectivity index is 2.46. The van der Waals surface area contributed by atoms with Crippen LogP contribution in [0.1, 0.15) is 0 Å². The number of nitrogens with zero attached hydrogens (tertiary/aromatic N) is 1. The van der Waals surface area contributed by atoms with Gasteiger partial charge in [0.2, 0.25) is 0 Å². The molecule has 0 fully saturated rings. The van der Waals surface area contributed by atoms with Gasteiger partial charge in [-0.05, 0) is 17.7 Å². The number of methoxy groups -OCH3 is 1. The first-order valence-corrected chi connectivity index (χ1v) is 4.98. The van der Waals surface area contributed by atoms with Crippen LogP contribution >= 0.6 is 11.6 Å². The molecule has 0 bridgehead atoms. The maximum Gasteiger partial charge on any atom is 0.346 e. The minimum absolute atomic E-state index is 0.283. The predicted molar refractivity (Wildman–Crippen MR) is 61.9 cm³/mol. The molecule has 0 unspecified atom stereocenters. The molecule has 0 aliphatic carbocycles. The molecule has 0 spiro atoms. The lowest BCUT2D eigenvalue weighted by molar-refractivity contribution is 0.415. The molecule has 4 nitrogen and oxygen atoms in total. The molecular weight excluding hydrogens is 228 g/mol. The Morgan fingerprint density at radius 1 is 1.31 bits per heavy atom. The molecule has 82 valence electrons. The van der Waals surface area contributed by atoms with E-state index < -0.39 is 5.69 Å². The first kappa shape index (κ1) is 10.7. The van der Waals surface area contributed by atoms with E-state index in [4.69, 9.17) is 16.3 Å². The zero-order valence-electron chi connectivity index (χ0n) is 8.53. The quantitative estimate of drug-likeness (QED) is 0.813. The minimum atomic E-state index is -0.456. The van der Waals surface area contributed by atoms with Gasteiger partial charge in [-0.3, -0.25) is 4.98 Å². The third kappa shape index (κ3) is 2.06. The van der Waals surface area contributed by atoms with Gasteiger partial charge in [0, 0.05) is 11.8 Å². The Kier molecular flexibility index (Phi) is 2.92. The van der Waals surface area contributed by atoms with Crippen molar-refractivity contribution in [3.05, 3.63) is 46.1 Å². The van der Waals surface area contributed by atoms with Crippen molar-refractivity contribution in [3.63, 3.8) is 0 Å². The van der Waals surface area contributed by atoms with E-state index >= 15 is 0 Å². The summed E-state index contributed by atoms with van der Waals surface area (Å²) in [6.07, 6.45) is 1.45. The molecule has 0 aliphatic rings. The molecule has 2 rings (SSSR count). The van der Waals surface area contributed by atoms with Crippen molar-refractivity contribution in [2.24, 2.45) is 0 Å². The molecule has 1 heterocycles. The summed E-state index contributed by atoms with van der Waals surface area (Å²) in [6, 6.07) is 7.33. The zero-order valence-corrected chi connectivity index (χ0v) is 9.28. The molecule has 0 aliphatic heterocycles. The fourth-order valence-electron chi connectivity index (χ4n) is 1.35. The fourth-order valence-corrected chi connectivity index (χ4v) is 1.58. The van der Waals surface area contributed by atoms with Gasteiger partial charge >= 0.3 is 5.69 Å². The van der Waals surface area contributed by atoms with Crippen molar-refractivity contribution in [2.75, 3.05) is 7.11 Å². The van der Waals surface area contributed by atoms with Gasteiger partial charge in [-0.1, -0.05) is 23.7 Å². The second-order valence-electron chi connectivity index (χ2n) is 3.14. The molecule has 2 aromatic rings. The zero-order chi connectivity index (χ0) is 11.5. The van der Waals surface area contributed by atoms with E-state index in [-0.39, 0.29) is 5.15 Å². The highest BCUT2D eigenvalue weighted by molar-refractivity contribution is 6.32. The van der Waals surface area contributed by atoms with Crippen LogP contribution in [-0.4, -0.2) is 17.1 Å². The van der Waals surface area contributed by atoms with Crippen LogP contribution in [0.2, 0.25) is 5.15 Å². The van der Waals surface area contributed by atoms with Gasteiger partial charge < -0.3 is 4.74 Å². The highest BCUT2D eigenvalue weighted by Gasteiger charge is 2.04. The maximum atomic E-state index is 10.9. The van der Waals surface area contributed by atoms with E-state index in [1.54, 1.807) is 7.11 Å². The summed E-state index contributed by atoms with van der Waals surface area (Å²) in [7, 11) is 1.60. The summed E-state index contributed by atoms with van der Waals surface area (Å²) in [4.78, 5) is 17.0. The standard InChI is InChI=1S/C11H9ClN2O2/c1-16-8-4-2-7(3-5-8)9-6-13-11(15)14-10(9)12/h2-6H,1H3,(H,13,14,15). The van der Waals surface area contributed by atoms with E-state index in [0.29, 0.717) is 5.56 Å². The summed E-state index contributed by atoms with van der Waals surface area (Å²) in [5, 5.41) is 0.283. The number of benzene rings is 1. The maximum absolute atomic E-state index is 10.9. The molecule has 0 saturated heterocycles. The van der Waals surface area contributed by atoms with E-state index in [1.165, 1.54) is 6.20 Å². The van der Waals surface area contributed by atoms with Crippen molar-refractivity contribution in [1.29, 1.82) is 0 Å². The third-order valence-electron chi connectivity index (χ3n) is 2.17. The number of aromatic nitrogens is 2. The largest absolute Gasteiger partial charge is 0.497 e. The summed E-state index contributed by atoms with van der Waals surface area (Å²) >= 11 is 5.91. The van der Waals surface area contributed by atoms with Crippen molar-refractivity contribution < 1.29 is 4.74 Å². The van der Waals surface area contributed by atoms with E-state index in [9.17, 15) is 4.79 Å². The number of rotatable bonds is 2. The molecule has 0 atom stereocenters. The lowest BCUT2D eigenvalue weighted by Crippen LogP contribution is -2.09. The molecule has 0 amide bonds. The Morgan fingerprint density at radius 2 is 2.00 bits per heavy atom. The average molecular weight is 237 g/mol. The van der Waals surface area contributed by atoms with Gasteiger partial charge in [-0.25, -0.2) is 9.78 Å². The Morgan fingerprint density at radius 3 is 2.56 bits per heavy atom. The van der Waals surface area contributed by atoms with Gasteiger partial charge in [0.15, 0.2) is 0 Å². The van der Waals surface area contributed by atoms with Gasteiger partial charge in [0.1, 0.15) is 10.9 Å². The molecular formula is C11H9ClN2O2. The van der Waals surface area contributed by atoms with Crippen molar-refractivity contribution >= 4 is 11.6 Å². The number of hydrogen-bond acceptors (Lipinski definition) is 3. The first-order valence-electron chi connectivity index (χ1n) is 4.60. The second kappa shape index (κ2) is 4.37. The minimum Gasteiger partial charge on any atom is -0.497 e. The Bertz CT molecular complexity index is 549. The lowest BCUT2D eigenvalue weighted by Gasteiger charge is -2.04. The Hall–Kier alpha value is -1.81. The lowest BCUT2D eigenvalue weighted by atomic mass is 10.1. The second-order valence-corrected chi connectivity index (χ2v) is 3.52. The molecule has 0 saturated carbocycles. The number of ether oxygens (including phenoxy) is 1. The normalized spacial score (nSPS) is 10.1. The summed E-state index contributed by atoms with van der Waals surface area (Å²) in [6.45, 7) is 0. The van der Waals surface area contributed by atoms with Crippen LogP contribution in [0.4, 0.5) is 0 Å². The van der Waals surface area contributed by atoms with Gasteiger partial charge in [-0.2, -0.15) is 0 Å². The van der Waals surface area contributed by atoms with Crippen LogP contribution < -0.4 is 10.4 Å². The monoisotopic (exact) mass is 236 g/mol. The summed E-state index contributed by atoms with van der Waals surface area (Å²) in [5.74, 6) is 0.761. The number of hydrogen-bond donors (Lipinski definition) is 1. The van der Waals surface area contributed by atoms with Crippen LogP contribution in [-0.2, 0) is 0 Å². The highest BCUT2D eigenvalue weighted by Crippen LogP contribution is 2.25. The number of aromatic amines is 1. The van der Waals surface area contributed by atoms with E-state index in [0.717, 1.165) is 11.3 Å². The SMILES string of the molecule is COc1ccc(-c2cnc(=O)[nH]c2Cl)cc1. The van der Waals surface area contributed by atoms with Crippen molar-refractivity contribution in [2.45, 2.75) is 0 Å². The molecule has 1 aromatic heterocycles. The van der Waals surface area contributed by atoms with Crippen molar-refractivity contribution in [1.82, 2.24) is 9.97 Å². The van der Waals surface area contributed by atoms with Gasteiger partial charge in [0.05, 0.1) is 7.11 Å². The average Bonchev–Trinajstić information content (AvgIpc) is 2.29. The molecule has 5 heteroatoms. The molecule has 1 aromatic carbocycles. The number of H-pyrrole nitrogens is 1. The van der Waals surface area contributed by atoms with Crippen LogP contribution in [0.3, 0.4) is 0 Å². The smallest absolute Gasteiger partial charge is 0.346 e. The molecule has 16 heavy (non-hydrogen) atoms. The van der Waals surface area contributed by atoms with E-state index in [2.05, 4.69) is 9.97 Å². The first-order chi connectivity index (χ1) is 7.70. The van der Waals surface area contributed by atoms with Gasteiger partial charge in [-0.15, -0.1) is 0 Å². The third-order valence-corrected chi connectivity index (χ3v) is 2.46. The van der Waals surface area contributed by atoms with Crippen LogP contribution in [0, 0.1) is 0 Å². The van der Waals surface area contributed by atoms with Crippen LogP contribution in [0.15, 0.2) is 35.3 Å². The van der Waals surface area contributed by atoms with Crippen LogP contribution in [0.25, 0.3) is 11.1 Å². The number of nitrogens with one attached hydrogen (secondary N) is 1. The molecule has 0 radical (unpaired) electrons. The fraction of sp³-hybridized carbons (Fsp3) is 0.0909. The van der Waals surface area contributed by atoms with Gasteiger partial charge in [0.25, 0.3) is 0 Å². The van der Waals surface area contributed by atoms with E-state index in [1.807, 2.05) is 24.3 Å². The number of halogens is 1. The van der Waals surface area contributed by atoms with Crippen molar-refractivity contribution in [3.8, 4) is 16.9 Å². The van der Waals surface area contributed by atoms with Crippen LogP contribution in [0.5, 0.6) is 5.75 Å².